The van der Waals surface area contributed by atoms with Gasteiger partial charge in [0, 0.05) is 10.9 Å². The first-order valence-electron chi connectivity index (χ1n) is 7.59. The van der Waals surface area contributed by atoms with E-state index in [1.54, 1.807) is 0 Å². The van der Waals surface area contributed by atoms with Crippen molar-refractivity contribution in [2.75, 3.05) is 5.33 Å². The van der Waals surface area contributed by atoms with E-state index in [1.165, 1.54) is 24.0 Å². The van der Waals surface area contributed by atoms with Crippen molar-refractivity contribution < 1.29 is 4.79 Å². The van der Waals surface area contributed by atoms with Crippen LogP contribution in [0.15, 0.2) is 24.3 Å². The number of halogens is 1. The third-order valence-electron chi connectivity index (χ3n) is 4.91. The van der Waals surface area contributed by atoms with Crippen LogP contribution in [0.25, 0.3) is 0 Å². The largest absolute Gasteiger partial charge is 0.349 e. The van der Waals surface area contributed by atoms with Crippen LogP contribution in [0, 0.1) is 5.92 Å². The van der Waals surface area contributed by atoms with Gasteiger partial charge in [-0.25, -0.2) is 0 Å². The Bertz CT molecular complexity index is 515. The molecule has 20 heavy (non-hydrogen) atoms. The lowest BCUT2D eigenvalue weighted by Gasteiger charge is -2.41. The van der Waals surface area contributed by atoms with Crippen LogP contribution in [0.4, 0.5) is 0 Å². The quantitative estimate of drug-likeness (QED) is 0.836. The Labute approximate surface area is 129 Å². The Morgan fingerprint density at radius 2 is 2.25 bits per heavy atom. The molecule has 3 rings (SSSR count). The number of amides is 1. The summed E-state index contributed by atoms with van der Waals surface area (Å²) in [5.41, 5.74) is 2.52. The Morgan fingerprint density at radius 3 is 2.95 bits per heavy atom. The zero-order valence-electron chi connectivity index (χ0n) is 12.0. The second-order valence-corrected chi connectivity index (χ2v) is 7.12. The van der Waals surface area contributed by atoms with E-state index >= 15 is 0 Å². The average molecular weight is 336 g/mol. The standard InChI is InChI=1S/C17H22BrNO/c1-12-5-4-8-17(10-12,11-18)19-16(20)15-9-13-6-2-3-7-14(13)15/h2-3,6-7,12,15H,4-5,8-11H2,1H3,(H,19,20). The van der Waals surface area contributed by atoms with Gasteiger partial charge in [0.25, 0.3) is 0 Å². The molecule has 0 radical (unpaired) electrons. The van der Waals surface area contributed by atoms with Gasteiger partial charge in [0.2, 0.25) is 5.91 Å². The first kappa shape index (κ1) is 14.1. The maximum absolute atomic E-state index is 12.6. The van der Waals surface area contributed by atoms with Crippen LogP contribution in [-0.4, -0.2) is 16.8 Å². The van der Waals surface area contributed by atoms with Gasteiger partial charge in [0.05, 0.1) is 5.92 Å². The van der Waals surface area contributed by atoms with E-state index in [9.17, 15) is 4.79 Å². The molecular formula is C17H22BrNO. The summed E-state index contributed by atoms with van der Waals surface area (Å²) in [6.07, 6.45) is 5.60. The molecule has 3 unspecified atom stereocenters. The van der Waals surface area contributed by atoms with Crippen LogP contribution in [0.1, 0.15) is 49.7 Å². The van der Waals surface area contributed by atoms with Crippen LogP contribution >= 0.6 is 15.9 Å². The van der Waals surface area contributed by atoms with Gasteiger partial charge in [-0.15, -0.1) is 0 Å². The monoisotopic (exact) mass is 335 g/mol. The molecule has 1 fully saturated rings. The van der Waals surface area contributed by atoms with Crippen molar-refractivity contribution >= 4 is 21.8 Å². The summed E-state index contributed by atoms with van der Waals surface area (Å²) >= 11 is 3.63. The lowest BCUT2D eigenvalue weighted by atomic mass is 9.74. The number of carbonyl (C=O) groups is 1. The molecule has 0 saturated heterocycles. The molecule has 0 aliphatic heterocycles. The fourth-order valence-corrected chi connectivity index (χ4v) is 4.42. The highest BCUT2D eigenvalue weighted by atomic mass is 79.9. The summed E-state index contributed by atoms with van der Waals surface area (Å²) < 4.78 is 0. The third kappa shape index (κ3) is 2.52. The maximum atomic E-state index is 12.6. The van der Waals surface area contributed by atoms with Crippen molar-refractivity contribution in [3.63, 3.8) is 0 Å². The van der Waals surface area contributed by atoms with Gasteiger partial charge >= 0.3 is 0 Å². The molecule has 1 aromatic rings. The zero-order valence-corrected chi connectivity index (χ0v) is 13.6. The van der Waals surface area contributed by atoms with Crippen molar-refractivity contribution in [3.05, 3.63) is 35.4 Å². The van der Waals surface area contributed by atoms with Crippen molar-refractivity contribution in [2.24, 2.45) is 5.92 Å². The van der Waals surface area contributed by atoms with Gasteiger partial charge in [-0.2, -0.15) is 0 Å². The molecule has 0 aromatic heterocycles. The van der Waals surface area contributed by atoms with Crippen molar-refractivity contribution in [1.29, 1.82) is 0 Å². The normalized spacial score (nSPS) is 32.1. The fraction of sp³-hybridized carbons (Fsp3) is 0.588. The van der Waals surface area contributed by atoms with E-state index in [4.69, 9.17) is 0 Å². The number of hydrogen-bond donors (Lipinski definition) is 1. The third-order valence-corrected chi connectivity index (χ3v) is 5.98. The van der Waals surface area contributed by atoms with E-state index in [0.717, 1.165) is 24.6 Å². The SMILES string of the molecule is CC1CCCC(CBr)(NC(=O)C2Cc3ccccc32)C1. The van der Waals surface area contributed by atoms with E-state index in [-0.39, 0.29) is 17.4 Å². The lowest BCUT2D eigenvalue weighted by Crippen LogP contribution is -2.54. The second kappa shape index (κ2) is 5.51. The molecule has 1 aromatic carbocycles. The van der Waals surface area contributed by atoms with Crippen LogP contribution in [-0.2, 0) is 11.2 Å². The number of alkyl halides is 1. The molecule has 2 aliphatic carbocycles. The molecule has 1 saturated carbocycles. The highest BCUT2D eigenvalue weighted by molar-refractivity contribution is 9.09. The molecule has 1 N–H and O–H groups in total. The lowest BCUT2D eigenvalue weighted by molar-refractivity contribution is -0.125. The highest BCUT2D eigenvalue weighted by Gasteiger charge is 2.39. The number of nitrogens with one attached hydrogen (secondary N) is 1. The first-order valence-corrected chi connectivity index (χ1v) is 8.71. The molecule has 2 nitrogen and oxygen atoms in total. The highest BCUT2D eigenvalue weighted by Crippen LogP contribution is 2.38. The summed E-state index contributed by atoms with van der Waals surface area (Å²) in [6, 6.07) is 8.30. The van der Waals surface area contributed by atoms with Gasteiger partial charge < -0.3 is 5.32 Å². The number of carbonyl (C=O) groups excluding carboxylic acids is 1. The Balaban J connectivity index is 1.70. The molecular weight excluding hydrogens is 314 g/mol. The summed E-state index contributed by atoms with van der Waals surface area (Å²) in [5, 5.41) is 4.24. The topological polar surface area (TPSA) is 29.1 Å². The predicted octanol–water partition coefficient (Wildman–Crippen LogP) is 3.79. The minimum absolute atomic E-state index is 0.0285. The Kier molecular flexibility index (Phi) is 3.89. The van der Waals surface area contributed by atoms with Gasteiger partial charge in [0.15, 0.2) is 0 Å². The Morgan fingerprint density at radius 1 is 1.45 bits per heavy atom. The summed E-state index contributed by atoms with van der Waals surface area (Å²) in [5.74, 6) is 0.992. The molecule has 0 spiro atoms. The molecule has 0 bridgehead atoms. The second-order valence-electron chi connectivity index (χ2n) is 6.56. The fourth-order valence-electron chi connectivity index (χ4n) is 3.77. The number of hydrogen-bond acceptors (Lipinski definition) is 1. The molecule has 3 heteroatoms. The van der Waals surface area contributed by atoms with Crippen molar-refractivity contribution in [2.45, 2.75) is 50.5 Å². The molecule has 0 heterocycles. The van der Waals surface area contributed by atoms with Crippen LogP contribution in [0.2, 0.25) is 0 Å². The van der Waals surface area contributed by atoms with Gasteiger partial charge in [-0.05, 0) is 36.3 Å². The van der Waals surface area contributed by atoms with E-state index in [2.05, 4.69) is 46.4 Å². The van der Waals surface area contributed by atoms with Crippen molar-refractivity contribution in [3.8, 4) is 0 Å². The van der Waals surface area contributed by atoms with Crippen LogP contribution in [0.3, 0.4) is 0 Å². The van der Waals surface area contributed by atoms with Crippen molar-refractivity contribution in [1.82, 2.24) is 5.32 Å². The summed E-state index contributed by atoms with van der Waals surface area (Å²) in [6.45, 7) is 2.29. The smallest absolute Gasteiger partial charge is 0.228 e. The molecule has 108 valence electrons. The summed E-state index contributed by atoms with van der Waals surface area (Å²) in [4.78, 5) is 12.6. The van der Waals surface area contributed by atoms with Gasteiger partial charge in [-0.1, -0.05) is 60.0 Å². The van der Waals surface area contributed by atoms with Crippen LogP contribution < -0.4 is 5.32 Å². The molecule has 3 atom stereocenters. The van der Waals surface area contributed by atoms with E-state index in [1.807, 2.05) is 6.07 Å². The number of benzene rings is 1. The summed E-state index contributed by atoms with van der Waals surface area (Å²) in [7, 11) is 0. The maximum Gasteiger partial charge on any atom is 0.228 e. The van der Waals surface area contributed by atoms with E-state index in [0.29, 0.717) is 5.92 Å². The first-order chi connectivity index (χ1) is 9.63. The predicted molar refractivity (Wildman–Crippen MR) is 85.2 cm³/mol. The zero-order chi connectivity index (χ0) is 14.2. The molecule has 2 aliphatic rings. The molecule has 1 amide bonds. The van der Waals surface area contributed by atoms with Crippen LogP contribution in [0.5, 0.6) is 0 Å². The van der Waals surface area contributed by atoms with Gasteiger partial charge in [0.1, 0.15) is 0 Å². The number of fused-ring (bicyclic) bond motifs is 1. The Hall–Kier alpha value is -0.830. The average Bonchev–Trinajstić information content (AvgIpc) is 2.40. The number of rotatable bonds is 3. The van der Waals surface area contributed by atoms with E-state index < -0.39 is 0 Å². The minimum atomic E-state index is -0.0285. The minimum Gasteiger partial charge on any atom is -0.349 e. The van der Waals surface area contributed by atoms with Gasteiger partial charge in [-0.3, -0.25) is 4.79 Å².